The lowest BCUT2D eigenvalue weighted by molar-refractivity contribution is -0.117. The molecule has 6 nitrogen and oxygen atoms in total. The van der Waals surface area contributed by atoms with Crippen LogP contribution in [0.4, 0.5) is 0 Å². The number of imidazole rings is 1. The molecule has 164 valence electrons. The Hall–Kier alpha value is -2.81. The van der Waals surface area contributed by atoms with E-state index >= 15 is 0 Å². The summed E-state index contributed by atoms with van der Waals surface area (Å²) in [6.45, 7) is 5.74. The lowest BCUT2D eigenvalue weighted by atomic mass is 9.95. The third-order valence-electron chi connectivity index (χ3n) is 6.75. The van der Waals surface area contributed by atoms with Crippen LogP contribution in [0.3, 0.4) is 0 Å². The molecule has 1 aliphatic carbocycles. The van der Waals surface area contributed by atoms with E-state index in [0.717, 1.165) is 35.7 Å². The van der Waals surface area contributed by atoms with E-state index in [1.165, 1.54) is 50.6 Å². The van der Waals surface area contributed by atoms with Crippen molar-refractivity contribution in [2.45, 2.75) is 84.2 Å². The number of hydrogen-bond acceptors (Lipinski definition) is 3. The summed E-state index contributed by atoms with van der Waals surface area (Å²) in [6.07, 6.45) is 14.3. The van der Waals surface area contributed by atoms with Gasteiger partial charge in [-0.15, -0.1) is 0 Å². The van der Waals surface area contributed by atoms with Gasteiger partial charge < -0.3 is 14.5 Å². The molecule has 0 unspecified atom stereocenters. The molecular weight excluding hydrogens is 386 g/mol. The summed E-state index contributed by atoms with van der Waals surface area (Å²) < 4.78 is 4.63. The molecule has 0 saturated heterocycles. The topological polar surface area (TPSA) is 75.6 Å². The second-order valence-electron chi connectivity index (χ2n) is 8.96. The van der Waals surface area contributed by atoms with Gasteiger partial charge in [0.05, 0.1) is 5.69 Å². The van der Waals surface area contributed by atoms with Crippen LogP contribution in [0.25, 0.3) is 6.08 Å². The van der Waals surface area contributed by atoms with E-state index in [0.29, 0.717) is 19.0 Å². The highest BCUT2D eigenvalue weighted by atomic mass is 16.1. The number of carbonyl (C=O) groups excluding carboxylic acids is 1. The van der Waals surface area contributed by atoms with E-state index in [4.69, 9.17) is 0 Å². The molecule has 0 atom stereocenters. The van der Waals surface area contributed by atoms with E-state index in [-0.39, 0.29) is 11.5 Å². The van der Waals surface area contributed by atoms with Gasteiger partial charge in [0, 0.05) is 49.6 Å². The third kappa shape index (κ3) is 4.76. The average Bonchev–Trinajstić information content (AvgIpc) is 3.32. The molecule has 3 heterocycles. The fourth-order valence-electron chi connectivity index (χ4n) is 5.15. The van der Waals surface area contributed by atoms with E-state index in [9.17, 15) is 10.1 Å². The summed E-state index contributed by atoms with van der Waals surface area (Å²) in [4.78, 5) is 17.3. The molecule has 1 fully saturated rings. The Labute approximate surface area is 185 Å². The smallest absolute Gasteiger partial charge is 0.261 e. The van der Waals surface area contributed by atoms with Gasteiger partial charge in [-0.3, -0.25) is 4.79 Å². The van der Waals surface area contributed by atoms with Gasteiger partial charge in [-0.2, -0.15) is 5.26 Å². The lowest BCUT2D eigenvalue weighted by Crippen LogP contribution is -2.26. The molecule has 6 heteroatoms. The van der Waals surface area contributed by atoms with Crippen molar-refractivity contribution < 1.29 is 4.79 Å². The van der Waals surface area contributed by atoms with Crippen LogP contribution < -0.4 is 5.32 Å². The van der Waals surface area contributed by atoms with Crippen molar-refractivity contribution in [3.05, 3.63) is 46.3 Å². The second-order valence-corrected chi connectivity index (χ2v) is 8.96. The standard InChI is InChI=1S/C25H33N5O/c1-18-14-20(19(2)30(18)23-8-4-3-5-9-23)15-21(16-26)25(31)27-12-11-22-17-29-13-7-6-10-24(29)28-22/h14-15,17,23H,3-13H2,1-2H3,(H,27,31)/b21-15-. The number of hydrogen-bond donors (Lipinski definition) is 1. The first-order valence-corrected chi connectivity index (χ1v) is 11.7. The van der Waals surface area contributed by atoms with Gasteiger partial charge in [-0.1, -0.05) is 19.3 Å². The highest BCUT2D eigenvalue weighted by Gasteiger charge is 2.20. The van der Waals surface area contributed by atoms with Gasteiger partial charge in [0.2, 0.25) is 0 Å². The molecule has 1 N–H and O–H groups in total. The van der Waals surface area contributed by atoms with Gasteiger partial charge in [0.15, 0.2) is 0 Å². The number of nitriles is 1. The first-order chi connectivity index (χ1) is 15.1. The van der Waals surface area contributed by atoms with Crippen LogP contribution in [0, 0.1) is 25.2 Å². The van der Waals surface area contributed by atoms with Crippen molar-refractivity contribution in [2.24, 2.45) is 0 Å². The molecule has 1 saturated carbocycles. The van der Waals surface area contributed by atoms with Crippen molar-refractivity contribution in [3.8, 4) is 6.07 Å². The third-order valence-corrected chi connectivity index (χ3v) is 6.75. The number of aryl methyl sites for hydroxylation is 3. The summed E-state index contributed by atoms with van der Waals surface area (Å²) in [6, 6.07) is 4.73. The van der Waals surface area contributed by atoms with Crippen LogP contribution in [0.5, 0.6) is 0 Å². The Bertz CT molecular complexity index is 990. The maximum atomic E-state index is 12.6. The molecule has 0 aromatic carbocycles. The Morgan fingerprint density at radius 2 is 2.06 bits per heavy atom. The van der Waals surface area contributed by atoms with E-state index < -0.39 is 0 Å². The molecule has 2 aromatic rings. The Kier molecular flexibility index (Phi) is 6.60. The maximum Gasteiger partial charge on any atom is 0.261 e. The average molecular weight is 420 g/mol. The summed E-state index contributed by atoms with van der Waals surface area (Å²) >= 11 is 0. The minimum Gasteiger partial charge on any atom is -0.351 e. The van der Waals surface area contributed by atoms with Crippen molar-refractivity contribution in [2.75, 3.05) is 6.54 Å². The molecule has 1 amide bonds. The first kappa shape index (κ1) is 21.4. The number of nitrogens with zero attached hydrogens (tertiary/aromatic N) is 4. The highest BCUT2D eigenvalue weighted by Crippen LogP contribution is 2.32. The van der Waals surface area contributed by atoms with Crippen molar-refractivity contribution in [1.82, 2.24) is 19.4 Å². The minimum atomic E-state index is -0.311. The number of fused-ring (bicyclic) bond motifs is 1. The molecule has 31 heavy (non-hydrogen) atoms. The van der Waals surface area contributed by atoms with Gasteiger partial charge >= 0.3 is 0 Å². The van der Waals surface area contributed by atoms with Gasteiger partial charge in [0.25, 0.3) is 5.91 Å². The largest absolute Gasteiger partial charge is 0.351 e. The van der Waals surface area contributed by atoms with E-state index in [1.54, 1.807) is 6.08 Å². The van der Waals surface area contributed by atoms with E-state index in [1.807, 2.05) is 0 Å². The Morgan fingerprint density at radius 1 is 1.26 bits per heavy atom. The maximum absolute atomic E-state index is 12.6. The van der Waals surface area contributed by atoms with Crippen molar-refractivity contribution in [1.29, 1.82) is 5.26 Å². The Balaban J connectivity index is 1.40. The van der Waals surface area contributed by atoms with Gasteiger partial charge in [0.1, 0.15) is 17.5 Å². The summed E-state index contributed by atoms with van der Waals surface area (Å²) in [5.74, 6) is 0.840. The molecule has 1 aliphatic heterocycles. The first-order valence-electron chi connectivity index (χ1n) is 11.7. The molecule has 4 rings (SSSR count). The predicted octanol–water partition coefficient (Wildman–Crippen LogP) is 4.41. The van der Waals surface area contributed by atoms with Crippen LogP contribution in [-0.2, 0) is 24.2 Å². The summed E-state index contributed by atoms with van der Waals surface area (Å²) in [5, 5.41) is 12.5. The summed E-state index contributed by atoms with van der Waals surface area (Å²) in [7, 11) is 0. The predicted molar refractivity (Wildman–Crippen MR) is 121 cm³/mol. The van der Waals surface area contributed by atoms with Crippen LogP contribution in [-0.4, -0.2) is 26.6 Å². The van der Waals surface area contributed by atoms with Gasteiger partial charge in [-0.25, -0.2) is 4.98 Å². The van der Waals surface area contributed by atoms with Crippen LogP contribution in [0.2, 0.25) is 0 Å². The molecule has 0 radical (unpaired) electrons. The molecule has 0 spiro atoms. The zero-order valence-corrected chi connectivity index (χ0v) is 18.8. The normalized spacial score (nSPS) is 17.3. The molecule has 2 aromatic heterocycles. The number of nitrogens with one attached hydrogen (secondary N) is 1. The fraction of sp³-hybridized carbons (Fsp3) is 0.560. The van der Waals surface area contributed by atoms with Crippen molar-refractivity contribution >= 4 is 12.0 Å². The SMILES string of the molecule is Cc1cc(/C=C(/C#N)C(=O)NCCc2cn3c(n2)CCCC3)c(C)n1C1CCCCC1. The Morgan fingerprint density at radius 3 is 2.81 bits per heavy atom. The van der Waals surface area contributed by atoms with Gasteiger partial charge in [-0.05, 0) is 57.2 Å². The van der Waals surface area contributed by atoms with Crippen LogP contribution in [0.1, 0.15) is 79.5 Å². The second kappa shape index (κ2) is 9.55. The molecular formula is C25H33N5O. The number of carbonyl (C=O) groups is 1. The number of rotatable bonds is 6. The zero-order chi connectivity index (χ0) is 21.8. The minimum absolute atomic E-state index is 0.160. The quantitative estimate of drug-likeness (QED) is 0.557. The van der Waals surface area contributed by atoms with E-state index in [2.05, 4.69) is 51.6 Å². The highest BCUT2D eigenvalue weighted by molar-refractivity contribution is 6.01. The molecule has 0 bridgehead atoms. The molecule has 2 aliphatic rings. The number of amides is 1. The monoisotopic (exact) mass is 419 g/mol. The van der Waals surface area contributed by atoms with Crippen LogP contribution >= 0.6 is 0 Å². The lowest BCUT2D eigenvalue weighted by Gasteiger charge is -2.26. The van der Waals surface area contributed by atoms with Crippen molar-refractivity contribution in [3.63, 3.8) is 0 Å². The summed E-state index contributed by atoms with van der Waals surface area (Å²) in [5.41, 5.74) is 4.49. The fourth-order valence-corrected chi connectivity index (χ4v) is 5.15. The van der Waals surface area contributed by atoms with Crippen LogP contribution in [0.15, 0.2) is 17.8 Å². The zero-order valence-electron chi connectivity index (χ0n) is 18.8. The number of aromatic nitrogens is 3.